The molecule has 0 aliphatic carbocycles. The van der Waals surface area contributed by atoms with Crippen LogP contribution in [0.4, 0.5) is 0 Å². The van der Waals surface area contributed by atoms with Gasteiger partial charge in [0.05, 0.1) is 0 Å². The van der Waals surface area contributed by atoms with Crippen molar-refractivity contribution in [3.8, 4) is 0 Å². The van der Waals surface area contributed by atoms with Crippen LogP contribution in [0.2, 0.25) is 0 Å². The van der Waals surface area contributed by atoms with Gasteiger partial charge in [-0.25, -0.2) is 0 Å². The summed E-state index contributed by atoms with van der Waals surface area (Å²) in [7, 11) is 0. The Bertz CT molecular complexity index is 250. The van der Waals surface area contributed by atoms with E-state index in [1.54, 1.807) is 0 Å². The highest BCUT2D eigenvalue weighted by Crippen LogP contribution is 2.24. The Labute approximate surface area is 87.0 Å². The minimum Gasteiger partial charge on any atom is -0.338 e. The van der Waals surface area contributed by atoms with Gasteiger partial charge in [0.25, 0.3) is 0 Å². The lowest BCUT2D eigenvalue weighted by Gasteiger charge is -2.07. The van der Waals surface area contributed by atoms with Gasteiger partial charge in [-0.2, -0.15) is 4.98 Å². The molecule has 1 aromatic rings. The number of hydrogen-bond acceptors (Lipinski definition) is 3. The van der Waals surface area contributed by atoms with E-state index in [1.807, 2.05) is 0 Å². The standard InChI is InChI=1S/C9H15BrN2O/c1-3-5-6-7(4-2)8-11-9(10)12-13-8/h7H,3-6H2,1-2H3. The van der Waals surface area contributed by atoms with Crippen LogP contribution < -0.4 is 0 Å². The van der Waals surface area contributed by atoms with Crippen LogP contribution in [0.3, 0.4) is 0 Å². The smallest absolute Gasteiger partial charge is 0.238 e. The lowest BCUT2D eigenvalue weighted by molar-refractivity contribution is 0.337. The summed E-state index contributed by atoms with van der Waals surface area (Å²) in [5.41, 5.74) is 0. The molecule has 0 saturated carbocycles. The number of rotatable bonds is 5. The summed E-state index contributed by atoms with van der Waals surface area (Å²) < 4.78 is 5.66. The van der Waals surface area contributed by atoms with E-state index in [0.29, 0.717) is 10.7 Å². The molecule has 0 aromatic carbocycles. The number of nitrogens with zero attached hydrogens (tertiary/aromatic N) is 2. The molecular formula is C9H15BrN2O. The summed E-state index contributed by atoms with van der Waals surface area (Å²) in [6.07, 6.45) is 4.64. The minimum absolute atomic E-state index is 0.429. The quantitative estimate of drug-likeness (QED) is 0.799. The number of halogens is 1. The maximum atomic E-state index is 5.11. The van der Waals surface area contributed by atoms with Crippen LogP contribution >= 0.6 is 15.9 Å². The summed E-state index contributed by atoms with van der Waals surface area (Å²) in [6.45, 7) is 4.34. The molecule has 0 aliphatic heterocycles. The second-order valence-electron chi connectivity index (χ2n) is 3.15. The third-order valence-electron chi connectivity index (χ3n) is 2.17. The zero-order valence-electron chi connectivity index (χ0n) is 8.09. The average Bonchev–Trinajstić information content (AvgIpc) is 2.54. The Morgan fingerprint density at radius 1 is 1.46 bits per heavy atom. The van der Waals surface area contributed by atoms with Crippen LogP contribution in [0.15, 0.2) is 9.26 Å². The molecule has 13 heavy (non-hydrogen) atoms. The number of aromatic nitrogens is 2. The molecule has 0 amide bonds. The fourth-order valence-corrected chi connectivity index (χ4v) is 1.58. The van der Waals surface area contributed by atoms with Gasteiger partial charge in [0.2, 0.25) is 10.6 Å². The van der Waals surface area contributed by atoms with E-state index < -0.39 is 0 Å². The molecule has 1 aromatic heterocycles. The summed E-state index contributed by atoms with van der Waals surface area (Å²) in [4.78, 5) is 4.17. The highest BCUT2D eigenvalue weighted by Gasteiger charge is 2.15. The Hall–Kier alpha value is -0.380. The van der Waals surface area contributed by atoms with Gasteiger partial charge in [-0.05, 0) is 33.9 Å². The van der Waals surface area contributed by atoms with E-state index >= 15 is 0 Å². The van der Waals surface area contributed by atoms with Gasteiger partial charge < -0.3 is 4.52 Å². The van der Waals surface area contributed by atoms with E-state index in [9.17, 15) is 0 Å². The second-order valence-corrected chi connectivity index (χ2v) is 3.86. The molecule has 0 saturated heterocycles. The third kappa shape index (κ3) is 3.10. The van der Waals surface area contributed by atoms with Crippen molar-refractivity contribution in [1.82, 2.24) is 10.1 Å². The molecule has 0 radical (unpaired) electrons. The summed E-state index contributed by atoms with van der Waals surface area (Å²) in [5, 5.41) is 3.72. The first-order valence-corrected chi connectivity index (χ1v) is 5.56. The van der Waals surface area contributed by atoms with Crippen molar-refractivity contribution in [2.45, 2.75) is 45.4 Å². The second kappa shape index (κ2) is 5.37. The number of hydrogen-bond donors (Lipinski definition) is 0. The zero-order chi connectivity index (χ0) is 9.68. The Morgan fingerprint density at radius 2 is 2.23 bits per heavy atom. The molecular weight excluding hydrogens is 232 g/mol. The van der Waals surface area contributed by atoms with Gasteiger partial charge in [-0.15, -0.1) is 0 Å². The van der Waals surface area contributed by atoms with Gasteiger partial charge in [0.1, 0.15) is 0 Å². The van der Waals surface area contributed by atoms with Gasteiger partial charge >= 0.3 is 0 Å². The first-order chi connectivity index (χ1) is 6.27. The predicted octanol–water partition coefficient (Wildman–Crippen LogP) is 3.52. The van der Waals surface area contributed by atoms with E-state index in [1.165, 1.54) is 12.8 Å². The highest BCUT2D eigenvalue weighted by atomic mass is 79.9. The Kier molecular flexibility index (Phi) is 4.42. The SMILES string of the molecule is CCCCC(CC)c1nc(Br)no1. The van der Waals surface area contributed by atoms with Crippen molar-refractivity contribution < 1.29 is 4.52 Å². The molecule has 0 N–H and O–H groups in total. The lowest BCUT2D eigenvalue weighted by atomic mass is 9.99. The Balaban J connectivity index is 2.56. The predicted molar refractivity (Wildman–Crippen MR) is 54.6 cm³/mol. The maximum Gasteiger partial charge on any atom is 0.238 e. The van der Waals surface area contributed by atoms with Crippen LogP contribution in [0.25, 0.3) is 0 Å². The van der Waals surface area contributed by atoms with Gasteiger partial charge in [-0.3, -0.25) is 0 Å². The minimum atomic E-state index is 0.429. The van der Waals surface area contributed by atoms with Crippen LogP contribution in [-0.2, 0) is 0 Å². The van der Waals surface area contributed by atoms with E-state index in [4.69, 9.17) is 4.52 Å². The molecule has 1 rings (SSSR count). The summed E-state index contributed by atoms with van der Waals surface area (Å²) in [5.74, 6) is 1.20. The first kappa shape index (κ1) is 10.7. The van der Waals surface area contributed by atoms with E-state index in [0.717, 1.165) is 18.7 Å². The van der Waals surface area contributed by atoms with Crippen LogP contribution in [0.5, 0.6) is 0 Å². The van der Waals surface area contributed by atoms with Gasteiger partial charge in [-0.1, -0.05) is 26.7 Å². The number of unbranched alkanes of at least 4 members (excludes halogenated alkanes) is 1. The van der Waals surface area contributed by atoms with E-state index in [-0.39, 0.29) is 0 Å². The Morgan fingerprint density at radius 3 is 2.69 bits per heavy atom. The molecule has 3 nitrogen and oxygen atoms in total. The van der Waals surface area contributed by atoms with Crippen molar-refractivity contribution >= 4 is 15.9 Å². The average molecular weight is 247 g/mol. The molecule has 1 heterocycles. The summed E-state index contributed by atoms with van der Waals surface area (Å²) in [6, 6.07) is 0. The van der Waals surface area contributed by atoms with Crippen LogP contribution in [0.1, 0.15) is 51.3 Å². The molecule has 0 fully saturated rings. The molecule has 0 aliphatic rings. The van der Waals surface area contributed by atoms with Gasteiger partial charge in [0, 0.05) is 5.92 Å². The molecule has 0 bridgehead atoms. The third-order valence-corrected chi connectivity index (χ3v) is 2.49. The zero-order valence-corrected chi connectivity index (χ0v) is 9.67. The van der Waals surface area contributed by atoms with Gasteiger partial charge in [0.15, 0.2) is 0 Å². The van der Waals surface area contributed by atoms with Crippen molar-refractivity contribution in [2.24, 2.45) is 0 Å². The molecule has 4 heteroatoms. The largest absolute Gasteiger partial charge is 0.338 e. The van der Waals surface area contributed by atoms with Crippen molar-refractivity contribution in [2.75, 3.05) is 0 Å². The fourth-order valence-electron chi connectivity index (χ4n) is 1.33. The lowest BCUT2D eigenvalue weighted by Crippen LogP contribution is -1.97. The highest BCUT2D eigenvalue weighted by molar-refractivity contribution is 9.10. The topological polar surface area (TPSA) is 38.9 Å². The van der Waals surface area contributed by atoms with Crippen molar-refractivity contribution in [3.05, 3.63) is 10.6 Å². The maximum absolute atomic E-state index is 5.11. The normalized spacial score (nSPS) is 13.2. The molecule has 1 unspecified atom stereocenters. The first-order valence-electron chi connectivity index (χ1n) is 4.77. The van der Waals surface area contributed by atoms with Crippen molar-refractivity contribution in [1.29, 1.82) is 0 Å². The fraction of sp³-hybridized carbons (Fsp3) is 0.778. The van der Waals surface area contributed by atoms with Crippen molar-refractivity contribution in [3.63, 3.8) is 0 Å². The summed E-state index contributed by atoms with van der Waals surface area (Å²) >= 11 is 3.18. The molecule has 1 atom stereocenters. The van der Waals surface area contributed by atoms with E-state index in [2.05, 4.69) is 39.9 Å². The molecule has 0 spiro atoms. The van der Waals surface area contributed by atoms with Crippen LogP contribution in [-0.4, -0.2) is 10.1 Å². The van der Waals surface area contributed by atoms with Crippen LogP contribution in [0, 0.1) is 0 Å². The monoisotopic (exact) mass is 246 g/mol. The molecule has 74 valence electrons.